The number of unbranched alkanes of at least 4 members (excludes halogenated alkanes) is 2. The molecule has 125 heavy (non-hydrogen) atoms. The summed E-state index contributed by atoms with van der Waals surface area (Å²) in [6.07, 6.45) is 6.73. The molecule has 6 aliphatic heterocycles. The van der Waals surface area contributed by atoms with Gasteiger partial charge in [-0.3, -0.25) is 48.2 Å². The quantitative estimate of drug-likeness (QED) is 0.0573. The van der Waals surface area contributed by atoms with Gasteiger partial charge in [0.2, 0.25) is 0 Å². The minimum Gasteiger partial charge on any atom is -0.457 e. The summed E-state index contributed by atoms with van der Waals surface area (Å²) >= 11 is 0. The zero-order chi connectivity index (χ0) is 85.2. The zero-order valence-electron chi connectivity index (χ0n) is 70.8. The molecule has 0 N–H and O–H groups in total. The van der Waals surface area contributed by atoms with Crippen molar-refractivity contribution in [3.63, 3.8) is 0 Å². The second kappa shape index (κ2) is 26.5. The topological polar surface area (TPSA) is 174 Å². The number of ether oxygens (including phenoxy) is 2. The normalized spacial score (nSPS) is 17.1. The predicted octanol–water partition coefficient (Wildman–Crippen LogP) is 23.9. The fraction of sp³-hybridized carbons (Fsp3) is 0.229. The molecule has 2 fully saturated rings. The summed E-state index contributed by atoms with van der Waals surface area (Å²) in [5.74, 6) is -1.83. The Bertz CT molecular complexity index is 7670. The molecule has 1 unspecified atom stereocenters. The number of carbonyl (C=O) groups excluding carboxylic acids is 8. The summed E-state index contributed by atoms with van der Waals surface area (Å²) in [6, 6.07) is 67.0. The van der Waals surface area contributed by atoms with E-state index in [1.54, 1.807) is 24.3 Å². The molecule has 16 aromatic rings. The predicted molar refractivity (Wildman–Crippen MR) is 494 cm³/mol. The van der Waals surface area contributed by atoms with Gasteiger partial charge < -0.3 is 19.3 Å². The van der Waals surface area contributed by atoms with E-state index in [0.717, 1.165) is 164 Å². The largest absolute Gasteiger partial charge is 0.457 e. The third kappa shape index (κ3) is 10.1. The van der Waals surface area contributed by atoms with Crippen LogP contribution in [0.2, 0.25) is 0 Å². The minimum atomic E-state index is -1.16. The molecule has 0 saturated carbocycles. The van der Waals surface area contributed by atoms with Crippen LogP contribution in [0.1, 0.15) is 223 Å². The van der Waals surface area contributed by atoms with Gasteiger partial charge in [-0.25, -0.2) is 9.80 Å². The Morgan fingerprint density at radius 3 is 0.992 bits per heavy atom. The Balaban J connectivity index is 0.678. The fourth-order valence-corrected chi connectivity index (χ4v) is 22.7. The third-order valence-electron chi connectivity index (χ3n) is 28.6. The maximum absolute atomic E-state index is 16.8. The number of rotatable bonds is 14. The summed E-state index contributed by atoms with van der Waals surface area (Å²) in [6.45, 7) is 20.6. The van der Waals surface area contributed by atoms with Crippen molar-refractivity contribution in [2.45, 2.75) is 123 Å². The molecular weight excluding hydrogens is 1550 g/mol. The smallest absolute Gasteiger partial charge is 0.266 e. The van der Waals surface area contributed by atoms with Crippen LogP contribution in [0.15, 0.2) is 206 Å². The Morgan fingerprint density at radius 1 is 0.296 bits per heavy atom. The van der Waals surface area contributed by atoms with E-state index < -0.39 is 40.9 Å². The van der Waals surface area contributed by atoms with Crippen molar-refractivity contribution in [1.82, 2.24) is 9.80 Å². The highest BCUT2D eigenvalue weighted by atomic mass is 16.5. The van der Waals surface area contributed by atoms with Crippen LogP contribution in [0.4, 0.5) is 22.7 Å². The molecule has 1 spiro atoms. The zero-order valence-corrected chi connectivity index (χ0v) is 70.8. The van der Waals surface area contributed by atoms with Crippen LogP contribution < -0.4 is 29.1 Å². The number of anilines is 4. The van der Waals surface area contributed by atoms with E-state index in [0.29, 0.717) is 141 Å². The molecule has 8 aliphatic rings. The summed E-state index contributed by atoms with van der Waals surface area (Å²) in [7, 11) is 0. The number of fused-ring (bicyclic) bond motifs is 14. The standard InChI is InChI=1S/C109H86N6O10/c1-9-11-49-112-99(116)71-41-37-67-92-84(111-47-19-20-48-111)54-76-89-73(43-38-68(96(89)92)91-83(110-45-17-18-46-110)53-75(101(112)118)87(71)95(67)91)103(120)114(105(76)122)59-29-35-65-63-21-13-15-23-79(63)109(81(65)51-59)80-24-16-14-22-64(80)66-36-30-60(52-82(66)109)115-104(121)74-44-40-70-93-85(124-61-31-25-57(26-32-61)107(3,4)5)55-77-88-72(100(117)113(102(77)119)50-12-10-2)42-39-69(97(88)93)94-86(56-78(106(115)123)90(74)98(70)94)125-62-33-27-58(28-34-62)108(6,7)8/h13-16,21-44,51-56H,9-12,17-20,45-50H2,1-8H3. The molecule has 16 heteroatoms. The molecule has 16 nitrogen and oxygen atoms in total. The van der Waals surface area contributed by atoms with Crippen LogP contribution in [0, 0.1) is 0 Å². The summed E-state index contributed by atoms with van der Waals surface area (Å²) < 4.78 is 14.4. The second-order valence-electron chi connectivity index (χ2n) is 37.4. The number of benzene rings is 16. The van der Waals surface area contributed by atoms with Crippen molar-refractivity contribution < 1.29 is 47.8 Å². The number of nitrogens with zero attached hydrogens (tertiary/aromatic N) is 6. The average Bonchev–Trinajstić information content (AvgIpc) is 1.45. The molecule has 0 radical (unpaired) electrons. The van der Waals surface area contributed by atoms with E-state index >= 15 is 24.0 Å². The van der Waals surface area contributed by atoms with E-state index in [1.807, 2.05) is 165 Å². The average molecular weight is 1640 g/mol. The molecule has 0 aromatic heterocycles. The van der Waals surface area contributed by atoms with Gasteiger partial charge in [-0.05, 0) is 224 Å². The van der Waals surface area contributed by atoms with E-state index in [-0.39, 0.29) is 40.3 Å². The number of hydrogen-bond acceptors (Lipinski definition) is 12. The van der Waals surface area contributed by atoms with Crippen LogP contribution in [-0.4, -0.2) is 96.3 Å². The summed E-state index contributed by atoms with van der Waals surface area (Å²) in [4.78, 5) is 136. The van der Waals surface area contributed by atoms with E-state index in [9.17, 15) is 14.4 Å². The Hall–Kier alpha value is -14.1. The fourth-order valence-electron chi connectivity index (χ4n) is 22.7. The van der Waals surface area contributed by atoms with Gasteiger partial charge in [-0.15, -0.1) is 0 Å². The van der Waals surface area contributed by atoms with Crippen LogP contribution in [-0.2, 0) is 16.2 Å². The van der Waals surface area contributed by atoms with Crippen molar-refractivity contribution in [3.05, 3.63) is 284 Å². The molecule has 2 saturated heterocycles. The van der Waals surface area contributed by atoms with Gasteiger partial charge in [0.15, 0.2) is 0 Å². The highest BCUT2D eigenvalue weighted by Crippen LogP contribution is 2.65. The molecule has 24 rings (SSSR count). The highest BCUT2D eigenvalue weighted by molar-refractivity contribution is 6.48. The third-order valence-corrected chi connectivity index (χ3v) is 28.6. The summed E-state index contributed by atoms with van der Waals surface area (Å²) in [5, 5.41) is 10.9. The lowest BCUT2D eigenvalue weighted by Crippen LogP contribution is -2.41. The Morgan fingerprint density at radius 2 is 0.608 bits per heavy atom. The van der Waals surface area contributed by atoms with E-state index in [4.69, 9.17) is 9.47 Å². The van der Waals surface area contributed by atoms with E-state index in [2.05, 4.69) is 82.5 Å². The first-order chi connectivity index (χ1) is 60.5. The molecule has 1 atom stereocenters. The number of imide groups is 4. The molecule has 8 amide bonds. The molecule has 16 aromatic carbocycles. The minimum absolute atomic E-state index is 0.159. The van der Waals surface area contributed by atoms with Crippen LogP contribution in [0.5, 0.6) is 23.0 Å². The van der Waals surface area contributed by atoms with Gasteiger partial charge in [-0.1, -0.05) is 177 Å². The highest BCUT2D eigenvalue weighted by Gasteiger charge is 2.54. The van der Waals surface area contributed by atoms with Crippen LogP contribution >= 0.6 is 0 Å². The molecule has 6 heterocycles. The molecule has 2 aliphatic carbocycles. The number of amides is 8. The Kier molecular flexibility index (Phi) is 15.8. The van der Waals surface area contributed by atoms with Gasteiger partial charge in [0, 0.05) is 138 Å². The monoisotopic (exact) mass is 1640 g/mol. The second-order valence-corrected chi connectivity index (χ2v) is 37.4. The maximum atomic E-state index is 16.8. The van der Waals surface area contributed by atoms with Crippen molar-refractivity contribution in [2.75, 3.05) is 58.9 Å². The van der Waals surface area contributed by atoms with Gasteiger partial charge >= 0.3 is 0 Å². The molecule has 612 valence electrons. The van der Waals surface area contributed by atoms with Crippen LogP contribution in [0.3, 0.4) is 0 Å². The first-order valence-corrected chi connectivity index (χ1v) is 44.2. The number of hydrogen-bond donors (Lipinski definition) is 0. The van der Waals surface area contributed by atoms with Crippen molar-refractivity contribution >= 4 is 156 Å². The van der Waals surface area contributed by atoms with Gasteiger partial charge in [0.1, 0.15) is 23.0 Å². The SMILES string of the molecule is CCCCN1C(=O)c2ccc3c4c(Oc5ccc(C(C)(C)C)cc5)cc5c6c(ccc(c7c(Oc8ccc(C(C)(C)C)cc8)cc(c2c37)C1=O)c64)C(=O)N(c1ccc2c(c1)C1(c3ccccc3-2)c2ccccc2-c2ccc(N3C(=O)c4ccc6c7c(N8CCCC8)cc8c9c(ccc(c%10c(N%11CCCC%11)cc(c4c6%10)C3=O)c97)C(=O)N(CCCC)C8=O)cc21)C5=O. The first-order valence-electron chi connectivity index (χ1n) is 44.2. The van der Waals surface area contributed by atoms with Crippen LogP contribution in [0.25, 0.3) is 108 Å². The van der Waals surface area contributed by atoms with Crippen molar-refractivity contribution in [3.8, 4) is 45.3 Å². The first kappa shape index (κ1) is 74.7. The maximum Gasteiger partial charge on any atom is 0.266 e. The van der Waals surface area contributed by atoms with Gasteiger partial charge in [0.05, 0.1) is 39.0 Å². The van der Waals surface area contributed by atoms with E-state index in [1.165, 1.54) is 19.6 Å². The Labute approximate surface area is 720 Å². The van der Waals surface area contributed by atoms with Gasteiger partial charge in [-0.2, -0.15) is 0 Å². The summed E-state index contributed by atoms with van der Waals surface area (Å²) in [5.41, 5.74) is 13.2. The van der Waals surface area contributed by atoms with Gasteiger partial charge in [0.25, 0.3) is 47.3 Å². The lowest BCUT2D eigenvalue weighted by atomic mass is 9.70. The number of carbonyl (C=O) groups is 8. The molecular formula is C109H86N6O10. The lowest BCUT2D eigenvalue weighted by molar-refractivity contribution is 0.0593. The lowest BCUT2D eigenvalue weighted by Gasteiger charge is -2.34. The van der Waals surface area contributed by atoms with Crippen molar-refractivity contribution in [1.29, 1.82) is 0 Å². The molecule has 0 bridgehead atoms. The van der Waals surface area contributed by atoms with Crippen molar-refractivity contribution in [2.24, 2.45) is 0 Å².